The van der Waals surface area contributed by atoms with E-state index in [-0.39, 0.29) is 0 Å². The standard InChI is InChI=1S/C15H21N3/c1-10-6-12(3)14(7-11(10)2)15-13(8-16-4)9-18(5)17-15/h6-7,9,16H,8H2,1-5H3. The van der Waals surface area contributed by atoms with Gasteiger partial charge >= 0.3 is 0 Å². The van der Waals surface area contributed by atoms with Crippen LogP contribution in [0.5, 0.6) is 0 Å². The van der Waals surface area contributed by atoms with Gasteiger partial charge in [0, 0.05) is 30.9 Å². The molecule has 1 N–H and O–H groups in total. The molecule has 0 unspecified atom stereocenters. The first-order valence-electron chi connectivity index (χ1n) is 6.28. The molecule has 2 aromatic rings. The topological polar surface area (TPSA) is 29.9 Å². The number of aromatic nitrogens is 2. The van der Waals surface area contributed by atoms with E-state index in [0.717, 1.165) is 12.2 Å². The van der Waals surface area contributed by atoms with E-state index < -0.39 is 0 Å². The summed E-state index contributed by atoms with van der Waals surface area (Å²) in [5, 5.41) is 7.81. The maximum Gasteiger partial charge on any atom is 0.0970 e. The van der Waals surface area contributed by atoms with Crippen molar-refractivity contribution in [2.24, 2.45) is 7.05 Å². The van der Waals surface area contributed by atoms with Crippen LogP contribution in [-0.2, 0) is 13.6 Å². The van der Waals surface area contributed by atoms with Crippen molar-refractivity contribution in [1.29, 1.82) is 0 Å². The van der Waals surface area contributed by atoms with Gasteiger partial charge in [0.05, 0.1) is 5.69 Å². The molecule has 0 fully saturated rings. The van der Waals surface area contributed by atoms with Crippen molar-refractivity contribution in [3.8, 4) is 11.3 Å². The maximum atomic E-state index is 4.61. The molecule has 0 aliphatic rings. The number of hydrogen-bond acceptors (Lipinski definition) is 2. The molecule has 0 aliphatic heterocycles. The van der Waals surface area contributed by atoms with Crippen molar-refractivity contribution in [2.75, 3.05) is 7.05 Å². The molecule has 1 heterocycles. The molecule has 1 aromatic carbocycles. The fourth-order valence-electron chi connectivity index (χ4n) is 2.30. The molecule has 3 heteroatoms. The Balaban J connectivity index is 2.57. The SMILES string of the molecule is CNCc1cn(C)nc1-c1cc(C)c(C)cc1C. The Hall–Kier alpha value is -1.61. The number of nitrogens with one attached hydrogen (secondary N) is 1. The van der Waals surface area contributed by atoms with Crippen molar-refractivity contribution in [3.05, 3.63) is 40.6 Å². The third kappa shape index (κ3) is 2.31. The van der Waals surface area contributed by atoms with Crippen LogP contribution in [0.1, 0.15) is 22.3 Å². The second kappa shape index (κ2) is 4.94. The minimum absolute atomic E-state index is 0.843. The molecule has 0 aliphatic carbocycles. The van der Waals surface area contributed by atoms with Crippen molar-refractivity contribution in [2.45, 2.75) is 27.3 Å². The summed E-state index contributed by atoms with van der Waals surface area (Å²) in [7, 11) is 3.93. The predicted octanol–water partition coefficient (Wildman–Crippen LogP) is 2.73. The van der Waals surface area contributed by atoms with Crippen molar-refractivity contribution in [3.63, 3.8) is 0 Å². The van der Waals surface area contributed by atoms with Crippen LogP contribution in [0.3, 0.4) is 0 Å². The highest BCUT2D eigenvalue weighted by molar-refractivity contribution is 5.68. The molecule has 18 heavy (non-hydrogen) atoms. The summed E-state index contributed by atoms with van der Waals surface area (Å²) >= 11 is 0. The molecule has 0 saturated heterocycles. The van der Waals surface area contributed by atoms with E-state index in [1.807, 2.05) is 18.8 Å². The quantitative estimate of drug-likeness (QED) is 0.898. The third-order valence-electron chi connectivity index (χ3n) is 3.37. The first-order valence-corrected chi connectivity index (χ1v) is 6.28. The van der Waals surface area contributed by atoms with Gasteiger partial charge in [0.25, 0.3) is 0 Å². The number of nitrogens with zero attached hydrogens (tertiary/aromatic N) is 2. The smallest absolute Gasteiger partial charge is 0.0970 e. The molecule has 0 amide bonds. The Morgan fingerprint density at radius 1 is 1.11 bits per heavy atom. The van der Waals surface area contributed by atoms with Crippen LogP contribution in [0.2, 0.25) is 0 Å². The second-order valence-electron chi connectivity index (χ2n) is 4.96. The van der Waals surface area contributed by atoms with Gasteiger partial charge in [0.15, 0.2) is 0 Å². The van der Waals surface area contributed by atoms with Crippen LogP contribution in [0.25, 0.3) is 11.3 Å². The first-order chi connectivity index (χ1) is 8.52. The van der Waals surface area contributed by atoms with Crippen molar-refractivity contribution in [1.82, 2.24) is 15.1 Å². The highest BCUT2D eigenvalue weighted by Crippen LogP contribution is 2.27. The molecule has 2 rings (SSSR count). The molecule has 0 saturated carbocycles. The van der Waals surface area contributed by atoms with E-state index >= 15 is 0 Å². The van der Waals surface area contributed by atoms with Gasteiger partial charge < -0.3 is 5.32 Å². The van der Waals surface area contributed by atoms with Gasteiger partial charge in [-0.1, -0.05) is 6.07 Å². The van der Waals surface area contributed by atoms with Gasteiger partial charge in [-0.25, -0.2) is 0 Å². The summed E-state index contributed by atoms with van der Waals surface area (Å²) in [6.07, 6.45) is 2.08. The van der Waals surface area contributed by atoms with E-state index in [9.17, 15) is 0 Å². The van der Waals surface area contributed by atoms with E-state index in [1.165, 1.54) is 27.8 Å². The Morgan fingerprint density at radius 2 is 1.78 bits per heavy atom. The van der Waals surface area contributed by atoms with Crippen molar-refractivity contribution < 1.29 is 0 Å². The molecule has 0 atom stereocenters. The minimum Gasteiger partial charge on any atom is -0.316 e. The second-order valence-corrected chi connectivity index (χ2v) is 4.96. The Morgan fingerprint density at radius 3 is 2.44 bits per heavy atom. The van der Waals surface area contributed by atoms with Gasteiger partial charge in [0.2, 0.25) is 0 Å². The Kier molecular flexibility index (Phi) is 3.53. The largest absolute Gasteiger partial charge is 0.316 e. The predicted molar refractivity (Wildman–Crippen MR) is 75.6 cm³/mol. The maximum absolute atomic E-state index is 4.61. The summed E-state index contributed by atoms with van der Waals surface area (Å²) in [4.78, 5) is 0. The Bertz CT molecular complexity index is 567. The van der Waals surface area contributed by atoms with E-state index in [0.29, 0.717) is 0 Å². The molecule has 0 bridgehead atoms. The molecule has 96 valence electrons. The number of hydrogen-bond donors (Lipinski definition) is 1. The van der Waals surface area contributed by atoms with E-state index in [2.05, 4.69) is 49.5 Å². The van der Waals surface area contributed by atoms with Gasteiger partial charge in [-0.3, -0.25) is 4.68 Å². The van der Waals surface area contributed by atoms with Crippen LogP contribution >= 0.6 is 0 Å². The van der Waals surface area contributed by atoms with Gasteiger partial charge in [-0.05, 0) is 50.6 Å². The fourth-order valence-corrected chi connectivity index (χ4v) is 2.30. The molecule has 3 nitrogen and oxygen atoms in total. The third-order valence-corrected chi connectivity index (χ3v) is 3.37. The van der Waals surface area contributed by atoms with E-state index in [4.69, 9.17) is 0 Å². The highest BCUT2D eigenvalue weighted by atomic mass is 15.3. The lowest BCUT2D eigenvalue weighted by molar-refractivity contribution is 0.765. The van der Waals surface area contributed by atoms with E-state index in [1.54, 1.807) is 0 Å². The lowest BCUT2D eigenvalue weighted by Gasteiger charge is -2.09. The average Bonchev–Trinajstić information content (AvgIpc) is 2.65. The lowest BCUT2D eigenvalue weighted by atomic mass is 9.97. The normalized spacial score (nSPS) is 10.9. The zero-order valence-electron chi connectivity index (χ0n) is 11.8. The average molecular weight is 243 g/mol. The molecular formula is C15H21N3. The first kappa shape index (κ1) is 12.8. The fraction of sp³-hybridized carbons (Fsp3) is 0.400. The molecule has 1 aromatic heterocycles. The zero-order valence-corrected chi connectivity index (χ0v) is 11.8. The molecule has 0 spiro atoms. The Labute approximate surface area is 109 Å². The number of aryl methyl sites for hydroxylation is 4. The summed E-state index contributed by atoms with van der Waals surface area (Å²) in [5.41, 5.74) is 7.51. The molecular weight excluding hydrogens is 222 g/mol. The van der Waals surface area contributed by atoms with Gasteiger partial charge in [-0.2, -0.15) is 5.10 Å². The minimum atomic E-state index is 0.843. The molecule has 0 radical (unpaired) electrons. The van der Waals surface area contributed by atoms with Crippen LogP contribution in [-0.4, -0.2) is 16.8 Å². The summed E-state index contributed by atoms with van der Waals surface area (Å²) in [5.74, 6) is 0. The summed E-state index contributed by atoms with van der Waals surface area (Å²) in [6.45, 7) is 7.30. The highest BCUT2D eigenvalue weighted by Gasteiger charge is 2.12. The van der Waals surface area contributed by atoms with Gasteiger partial charge in [-0.15, -0.1) is 0 Å². The number of rotatable bonds is 3. The zero-order chi connectivity index (χ0) is 13.3. The van der Waals surface area contributed by atoms with Gasteiger partial charge in [0.1, 0.15) is 0 Å². The van der Waals surface area contributed by atoms with Crippen LogP contribution < -0.4 is 5.32 Å². The van der Waals surface area contributed by atoms with Crippen LogP contribution in [0.4, 0.5) is 0 Å². The van der Waals surface area contributed by atoms with Crippen LogP contribution in [0.15, 0.2) is 18.3 Å². The lowest BCUT2D eigenvalue weighted by Crippen LogP contribution is -2.05. The summed E-state index contributed by atoms with van der Waals surface area (Å²) in [6, 6.07) is 4.48. The summed E-state index contributed by atoms with van der Waals surface area (Å²) < 4.78 is 1.89. The number of benzene rings is 1. The monoisotopic (exact) mass is 243 g/mol. The van der Waals surface area contributed by atoms with Crippen LogP contribution in [0, 0.1) is 20.8 Å². The van der Waals surface area contributed by atoms with Crippen molar-refractivity contribution >= 4 is 0 Å².